The van der Waals surface area contributed by atoms with Crippen molar-refractivity contribution in [3.63, 3.8) is 0 Å². The number of nitrogens with one attached hydrogen (secondary N) is 1. The first kappa shape index (κ1) is 8.56. The molecule has 0 spiro atoms. The normalized spacial score (nSPS) is 26.5. The van der Waals surface area contributed by atoms with Gasteiger partial charge in [0.2, 0.25) is 0 Å². The van der Waals surface area contributed by atoms with Gasteiger partial charge >= 0.3 is 5.97 Å². The van der Waals surface area contributed by atoms with Crippen LogP contribution < -0.4 is 5.32 Å². The second-order valence-electron chi connectivity index (χ2n) is 3.28. The summed E-state index contributed by atoms with van der Waals surface area (Å²) in [5, 5.41) is 16.0. The smallest absolute Gasteiger partial charge is 0.308 e. The van der Waals surface area contributed by atoms with Crippen LogP contribution in [0.1, 0.15) is 12.8 Å². The van der Waals surface area contributed by atoms with Crippen molar-refractivity contribution in [2.45, 2.75) is 18.9 Å². The van der Waals surface area contributed by atoms with Gasteiger partial charge in [0, 0.05) is 17.1 Å². The fourth-order valence-electron chi connectivity index (χ4n) is 1.53. The first-order chi connectivity index (χ1) is 6.27. The maximum atomic E-state index is 10.7. The predicted octanol–water partition coefficient (Wildman–Crippen LogP) is 2.02. The number of hydrogen-bond acceptors (Lipinski definition) is 3. The summed E-state index contributed by atoms with van der Waals surface area (Å²) < 4.78 is 0. The molecule has 1 aliphatic carbocycles. The maximum Gasteiger partial charge on any atom is 0.308 e. The van der Waals surface area contributed by atoms with Crippen molar-refractivity contribution in [1.29, 1.82) is 0 Å². The molecule has 2 atom stereocenters. The maximum absolute atomic E-state index is 10.7. The Kier molecular flexibility index (Phi) is 2.22. The molecule has 0 radical (unpaired) electrons. The number of carboxylic acids is 1. The van der Waals surface area contributed by atoms with E-state index in [-0.39, 0.29) is 12.0 Å². The van der Waals surface area contributed by atoms with Gasteiger partial charge in [0.25, 0.3) is 0 Å². The molecule has 1 fully saturated rings. The minimum atomic E-state index is -0.682. The quantitative estimate of drug-likeness (QED) is 0.779. The van der Waals surface area contributed by atoms with E-state index in [0.29, 0.717) is 0 Å². The van der Waals surface area contributed by atoms with Crippen LogP contribution in [0.2, 0.25) is 0 Å². The minimum absolute atomic E-state index is 0.132. The van der Waals surface area contributed by atoms with Gasteiger partial charge in [0.1, 0.15) is 0 Å². The summed E-state index contributed by atoms with van der Waals surface area (Å²) in [7, 11) is 0. The molecule has 1 aromatic heterocycles. The molecule has 70 valence electrons. The van der Waals surface area contributed by atoms with E-state index >= 15 is 0 Å². The van der Waals surface area contributed by atoms with Crippen molar-refractivity contribution >= 4 is 23.0 Å². The third kappa shape index (κ3) is 1.67. The van der Waals surface area contributed by atoms with Gasteiger partial charge < -0.3 is 10.4 Å². The van der Waals surface area contributed by atoms with Gasteiger partial charge in [0.05, 0.1) is 5.92 Å². The van der Waals surface area contributed by atoms with Gasteiger partial charge in [-0.05, 0) is 24.3 Å². The lowest BCUT2D eigenvalue weighted by molar-refractivity contribution is -0.144. The molecule has 2 unspecified atom stereocenters. The van der Waals surface area contributed by atoms with Gasteiger partial charge in [-0.2, -0.15) is 11.3 Å². The molecule has 1 heterocycles. The fraction of sp³-hybridized carbons (Fsp3) is 0.444. The number of aliphatic carboxylic acids is 1. The zero-order valence-electron chi connectivity index (χ0n) is 7.06. The molecule has 0 aromatic carbocycles. The Morgan fingerprint density at radius 1 is 1.62 bits per heavy atom. The summed E-state index contributed by atoms with van der Waals surface area (Å²) in [5.41, 5.74) is 1.04. The topological polar surface area (TPSA) is 49.3 Å². The average molecular weight is 197 g/mol. The molecule has 0 amide bonds. The highest BCUT2D eigenvalue weighted by molar-refractivity contribution is 7.08. The first-order valence-electron chi connectivity index (χ1n) is 4.29. The lowest BCUT2D eigenvalue weighted by Crippen LogP contribution is -2.42. The molecule has 1 saturated carbocycles. The van der Waals surface area contributed by atoms with Crippen LogP contribution in [0.4, 0.5) is 5.69 Å². The summed E-state index contributed by atoms with van der Waals surface area (Å²) in [6.07, 6.45) is 1.77. The van der Waals surface area contributed by atoms with E-state index < -0.39 is 5.97 Å². The van der Waals surface area contributed by atoms with Gasteiger partial charge in [-0.15, -0.1) is 0 Å². The van der Waals surface area contributed by atoms with Gasteiger partial charge in [-0.1, -0.05) is 0 Å². The van der Waals surface area contributed by atoms with Gasteiger partial charge in [0.15, 0.2) is 0 Å². The lowest BCUT2D eigenvalue weighted by atomic mass is 9.79. The van der Waals surface area contributed by atoms with Crippen molar-refractivity contribution in [2.24, 2.45) is 5.92 Å². The summed E-state index contributed by atoms with van der Waals surface area (Å²) in [4.78, 5) is 10.7. The molecule has 0 saturated heterocycles. The molecule has 3 nitrogen and oxygen atoms in total. The molecule has 0 bridgehead atoms. The first-order valence-corrected chi connectivity index (χ1v) is 5.23. The highest BCUT2D eigenvalue weighted by Crippen LogP contribution is 2.31. The predicted molar refractivity (Wildman–Crippen MR) is 52.1 cm³/mol. The van der Waals surface area contributed by atoms with Crippen LogP contribution in [0.3, 0.4) is 0 Å². The summed E-state index contributed by atoms with van der Waals surface area (Å²) in [6, 6.07) is 2.11. The molecule has 0 aliphatic heterocycles. The molecule has 13 heavy (non-hydrogen) atoms. The van der Waals surface area contributed by atoms with E-state index in [4.69, 9.17) is 5.11 Å². The van der Waals surface area contributed by atoms with E-state index in [2.05, 4.69) is 5.32 Å². The van der Waals surface area contributed by atoms with Crippen molar-refractivity contribution in [2.75, 3.05) is 5.32 Å². The number of rotatable bonds is 3. The lowest BCUT2D eigenvalue weighted by Gasteiger charge is -2.34. The van der Waals surface area contributed by atoms with E-state index in [0.717, 1.165) is 18.5 Å². The summed E-state index contributed by atoms with van der Waals surface area (Å²) in [6.45, 7) is 0. The van der Waals surface area contributed by atoms with Crippen LogP contribution >= 0.6 is 11.3 Å². The van der Waals surface area contributed by atoms with Crippen molar-refractivity contribution in [3.05, 3.63) is 16.8 Å². The molecule has 4 heteroatoms. The standard InChI is InChI=1S/C9H11NO2S/c11-9(12)7-1-2-8(7)10-6-3-4-13-5-6/h3-5,7-8,10H,1-2H2,(H,11,12). The van der Waals surface area contributed by atoms with Crippen molar-refractivity contribution < 1.29 is 9.90 Å². The molecule has 1 aliphatic rings. The van der Waals surface area contributed by atoms with Crippen molar-refractivity contribution in [3.8, 4) is 0 Å². The van der Waals surface area contributed by atoms with Crippen LogP contribution in [0.25, 0.3) is 0 Å². The Morgan fingerprint density at radius 3 is 2.92 bits per heavy atom. The molecule has 2 rings (SSSR count). The molecule has 1 aromatic rings. The molecule has 2 N–H and O–H groups in total. The Labute approximate surface area is 80.4 Å². The van der Waals surface area contributed by atoms with Crippen LogP contribution in [-0.4, -0.2) is 17.1 Å². The van der Waals surface area contributed by atoms with Gasteiger partial charge in [-0.25, -0.2) is 0 Å². The third-order valence-electron chi connectivity index (χ3n) is 2.46. The zero-order valence-corrected chi connectivity index (χ0v) is 7.88. The Bertz CT molecular complexity index is 297. The van der Waals surface area contributed by atoms with Crippen molar-refractivity contribution in [1.82, 2.24) is 0 Å². The summed E-state index contributed by atoms with van der Waals surface area (Å²) >= 11 is 1.62. The Hall–Kier alpha value is -1.03. The second-order valence-corrected chi connectivity index (χ2v) is 4.06. The number of thiophene rings is 1. The minimum Gasteiger partial charge on any atom is -0.481 e. The summed E-state index contributed by atoms with van der Waals surface area (Å²) in [5.74, 6) is -0.876. The van der Waals surface area contributed by atoms with Crippen LogP contribution in [0, 0.1) is 5.92 Å². The highest BCUT2D eigenvalue weighted by atomic mass is 32.1. The number of carboxylic acid groups (broad SMARTS) is 1. The van der Waals surface area contributed by atoms with Crippen LogP contribution in [-0.2, 0) is 4.79 Å². The molecular formula is C9H11NO2S. The van der Waals surface area contributed by atoms with E-state index in [1.807, 2.05) is 16.8 Å². The SMILES string of the molecule is O=C(O)C1CCC1Nc1ccsc1. The zero-order chi connectivity index (χ0) is 9.26. The largest absolute Gasteiger partial charge is 0.481 e. The van der Waals surface area contributed by atoms with Crippen LogP contribution in [0.15, 0.2) is 16.8 Å². The number of hydrogen-bond donors (Lipinski definition) is 2. The van der Waals surface area contributed by atoms with Crippen LogP contribution in [0.5, 0.6) is 0 Å². The second kappa shape index (κ2) is 3.38. The van der Waals surface area contributed by atoms with E-state index in [1.54, 1.807) is 11.3 Å². The van der Waals surface area contributed by atoms with Gasteiger partial charge in [-0.3, -0.25) is 4.79 Å². The fourth-order valence-corrected chi connectivity index (χ4v) is 2.13. The van der Waals surface area contributed by atoms with E-state index in [1.165, 1.54) is 0 Å². The number of carbonyl (C=O) groups is 1. The molecular weight excluding hydrogens is 186 g/mol. The Morgan fingerprint density at radius 2 is 2.46 bits per heavy atom. The average Bonchev–Trinajstić information content (AvgIpc) is 2.48. The monoisotopic (exact) mass is 197 g/mol. The van der Waals surface area contributed by atoms with E-state index in [9.17, 15) is 4.79 Å². The number of anilines is 1. The Balaban J connectivity index is 1.93. The highest BCUT2D eigenvalue weighted by Gasteiger charge is 2.36. The third-order valence-corrected chi connectivity index (χ3v) is 3.15.